The average molecular weight is 328 g/mol. The van der Waals surface area contributed by atoms with E-state index in [4.69, 9.17) is 21.4 Å². The second-order valence-electron chi connectivity index (χ2n) is 5.16. The maximum absolute atomic E-state index is 11.9. The van der Waals surface area contributed by atoms with Gasteiger partial charge in [-0.15, -0.1) is 0 Å². The lowest BCUT2D eigenvalue weighted by Crippen LogP contribution is -2.37. The van der Waals surface area contributed by atoms with Crippen LogP contribution < -0.4 is 5.32 Å². The molecule has 1 aromatic carbocycles. The van der Waals surface area contributed by atoms with Crippen LogP contribution in [0, 0.1) is 0 Å². The third-order valence-electron chi connectivity index (χ3n) is 3.34. The van der Waals surface area contributed by atoms with Gasteiger partial charge in [-0.25, -0.2) is 0 Å². The van der Waals surface area contributed by atoms with Crippen LogP contribution in [0.1, 0.15) is 44.3 Å². The van der Waals surface area contributed by atoms with Crippen LogP contribution in [0.15, 0.2) is 24.3 Å². The highest BCUT2D eigenvalue weighted by Gasteiger charge is 2.20. The number of hydrogen-bond acceptors (Lipinski definition) is 3. The molecule has 0 spiro atoms. The van der Waals surface area contributed by atoms with E-state index in [1.807, 2.05) is 19.1 Å². The van der Waals surface area contributed by atoms with Crippen molar-refractivity contribution in [3.8, 4) is 0 Å². The molecule has 122 valence electrons. The van der Waals surface area contributed by atoms with Crippen molar-refractivity contribution in [2.24, 2.45) is 0 Å². The molecule has 2 N–H and O–H groups in total. The van der Waals surface area contributed by atoms with Gasteiger partial charge in [-0.3, -0.25) is 9.59 Å². The number of amides is 1. The third kappa shape index (κ3) is 6.45. The molecule has 0 aliphatic carbocycles. The first-order chi connectivity index (χ1) is 10.4. The van der Waals surface area contributed by atoms with E-state index >= 15 is 0 Å². The van der Waals surface area contributed by atoms with E-state index in [2.05, 4.69) is 5.32 Å². The first-order valence-corrected chi connectivity index (χ1v) is 7.61. The maximum atomic E-state index is 11.9. The zero-order valence-electron chi connectivity index (χ0n) is 12.8. The van der Waals surface area contributed by atoms with Crippen molar-refractivity contribution in [2.45, 2.75) is 44.8 Å². The molecule has 0 heterocycles. The number of carboxylic acid groups (broad SMARTS) is 1. The minimum absolute atomic E-state index is 0.0916. The number of methoxy groups -OCH3 is 1. The number of hydrogen-bond donors (Lipinski definition) is 2. The Kier molecular flexibility index (Phi) is 7.91. The standard InChI is InChI=1S/C16H22ClNO4/c1-11(18-14(19)5-3-4-6-15(20)21)16(22-2)12-7-9-13(17)10-8-12/h7-11,16H,3-6H2,1-2H3,(H,18,19)(H,20,21). The van der Waals surface area contributed by atoms with Gasteiger partial charge >= 0.3 is 5.97 Å². The molecule has 0 aliphatic rings. The van der Waals surface area contributed by atoms with Crippen LogP contribution >= 0.6 is 11.6 Å². The predicted molar refractivity (Wildman–Crippen MR) is 84.9 cm³/mol. The summed E-state index contributed by atoms with van der Waals surface area (Å²) >= 11 is 5.86. The first-order valence-electron chi connectivity index (χ1n) is 7.23. The number of aliphatic carboxylic acids is 1. The Labute approximate surface area is 135 Å². The second-order valence-corrected chi connectivity index (χ2v) is 5.60. The van der Waals surface area contributed by atoms with E-state index in [9.17, 15) is 9.59 Å². The van der Waals surface area contributed by atoms with Crippen LogP contribution in [0.3, 0.4) is 0 Å². The molecule has 0 aromatic heterocycles. The Hall–Kier alpha value is -1.59. The number of carboxylic acids is 1. The van der Waals surface area contributed by atoms with Crippen LogP contribution in [-0.4, -0.2) is 30.1 Å². The Morgan fingerprint density at radius 3 is 2.36 bits per heavy atom. The number of carbonyl (C=O) groups is 2. The van der Waals surface area contributed by atoms with Crippen molar-refractivity contribution in [3.63, 3.8) is 0 Å². The summed E-state index contributed by atoms with van der Waals surface area (Å²) in [5, 5.41) is 12.1. The van der Waals surface area contributed by atoms with Crippen LogP contribution in [0.4, 0.5) is 0 Å². The molecule has 0 fully saturated rings. The number of ether oxygens (including phenoxy) is 1. The Bertz CT molecular complexity index is 489. The minimum Gasteiger partial charge on any atom is -0.481 e. The minimum atomic E-state index is -0.837. The Balaban J connectivity index is 2.47. The lowest BCUT2D eigenvalue weighted by atomic mass is 10.0. The van der Waals surface area contributed by atoms with E-state index in [-0.39, 0.29) is 24.5 Å². The molecule has 2 unspecified atom stereocenters. The van der Waals surface area contributed by atoms with E-state index in [0.29, 0.717) is 24.3 Å². The second kappa shape index (κ2) is 9.43. The summed E-state index contributed by atoms with van der Waals surface area (Å²) in [7, 11) is 1.59. The summed E-state index contributed by atoms with van der Waals surface area (Å²) in [6.45, 7) is 1.87. The molecule has 6 heteroatoms. The smallest absolute Gasteiger partial charge is 0.303 e. The van der Waals surface area contributed by atoms with Crippen molar-refractivity contribution in [2.75, 3.05) is 7.11 Å². The van der Waals surface area contributed by atoms with E-state index in [1.165, 1.54) is 0 Å². The molecule has 22 heavy (non-hydrogen) atoms. The molecular weight excluding hydrogens is 306 g/mol. The number of nitrogens with one attached hydrogen (secondary N) is 1. The van der Waals surface area contributed by atoms with Crippen molar-refractivity contribution >= 4 is 23.5 Å². The SMILES string of the molecule is COC(c1ccc(Cl)cc1)C(C)NC(=O)CCCCC(=O)O. The molecule has 1 rings (SSSR count). The number of carbonyl (C=O) groups excluding carboxylic acids is 1. The van der Waals surface area contributed by atoms with E-state index in [0.717, 1.165) is 5.56 Å². The van der Waals surface area contributed by atoms with Crippen LogP contribution in [0.25, 0.3) is 0 Å². The maximum Gasteiger partial charge on any atom is 0.303 e. The summed E-state index contributed by atoms with van der Waals surface area (Å²) in [4.78, 5) is 22.3. The quantitative estimate of drug-likeness (QED) is 0.683. The van der Waals surface area contributed by atoms with Crippen LogP contribution in [-0.2, 0) is 14.3 Å². The van der Waals surface area contributed by atoms with Gasteiger partial charge in [0, 0.05) is 25.0 Å². The predicted octanol–water partition coefficient (Wildman–Crippen LogP) is 3.18. The first kappa shape index (κ1) is 18.5. The Morgan fingerprint density at radius 2 is 1.82 bits per heavy atom. The zero-order chi connectivity index (χ0) is 16.5. The number of benzene rings is 1. The highest BCUT2D eigenvalue weighted by molar-refractivity contribution is 6.30. The fraction of sp³-hybridized carbons (Fsp3) is 0.500. The zero-order valence-corrected chi connectivity index (χ0v) is 13.6. The molecule has 0 saturated heterocycles. The van der Waals surface area contributed by atoms with Gasteiger partial charge in [-0.2, -0.15) is 0 Å². The van der Waals surface area contributed by atoms with Gasteiger partial charge in [-0.05, 0) is 37.5 Å². The molecule has 5 nitrogen and oxygen atoms in total. The fourth-order valence-corrected chi connectivity index (χ4v) is 2.37. The van der Waals surface area contributed by atoms with Gasteiger partial charge in [0.15, 0.2) is 0 Å². The number of halogens is 1. The molecule has 0 radical (unpaired) electrons. The highest BCUT2D eigenvalue weighted by Crippen LogP contribution is 2.22. The summed E-state index contributed by atoms with van der Waals surface area (Å²) in [6.07, 6.45) is 1.20. The molecular formula is C16H22ClNO4. The average Bonchev–Trinajstić information content (AvgIpc) is 2.46. The van der Waals surface area contributed by atoms with Gasteiger partial charge in [-0.1, -0.05) is 23.7 Å². The van der Waals surface area contributed by atoms with Gasteiger partial charge in [0.05, 0.1) is 6.04 Å². The summed E-state index contributed by atoms with van der Waals surface area (Å²) in [6, 6.07) is 7.10. The lowest BCUT2D eigenvalue weighted by molar-refractivity contribution is -0.137. The Morgan fingerprint density at radius 1 is 1.23 bits per heavy atom. The van der Waals surface area contributed by atoms with Gasteiger partial charge < -0.3 is 15.2 Å². The molecule has 1 amide bonds. The molecule has 0 saturated carbocycles. The fourth-order valence-electron chi connectivity index (χ4n) is 2.24. The summed E-state index contributed by atoms with van der Waals surface area (Å²) in [5.41, 5.74) is 0.936. The van der Waals surface area contributed by atoms with Crippen molar-refractivity contribution < 1.29 is 19.4 Å². The van der Waals surface area contributed by atoms with Crippen LogP contribution in [0.5, 0.6) is 0 Å². The number of unbranched alkanes of at least 4 members (excludes halogenated alkanes) is 1. The van der Waals surface area contributed by atoms with E-state index < -0.39 is 5.97 Å². The van der Waals surface area contributed by atoms with Crippen molar-refractivity contribution in [3.05, 3.63) is 34.9 Å². The topological polar surface area (TPSA) is 75.6 Å². The third-order valence-corrected chi connectivity index (χ3v) is 3.59. The monoisotopic (exact) mass is 327 g/mol. The van der Waals surface area contributed by atoms with Gasteiger partial charge in [0.25, 0.3) is 0 Å². The molecule has 2 atom stereocenters. The van der Waals surface area contributed by atoms with Crippen LogP contribution in [0.2, 0.25) is 5.02 Å². The van der Waals surface area contributed by atoms with Gasteiger partial charge in [0.2, 0.25) is 5.91 Å². The summed E-state index contributed by atoms with van der Waals surface area (Å²) < 4.78 is 5.46. The summed E-state index contributed by atoms with van der Waals surface area (Å²) in [5.74, 6) is -0.940. The van der Waals surface area contributed by atoms with E-state index in [1.54, 1.807) is 19.2 Å². The van der Waals surface area contributed by atoms with Gasteiger partial charge in [0.1, 0.15) is 6.10 Å². The number of rotatable bonds is 9. The highest BCUT2D eigenvalue weighted by atomic mass is 35.5. The van der Waals surface area contributed by atoms with Crippen molar-refractivity contribution in [1.82, 2.24) is 5.32 Å². The molecule has 0 bridgehead atoms. The normalized spacial score (nSPS) is 13.4. The molecule has 0 aliphatic heterocycles. The lowest BCUT2D eigenvalue weighted by Gasteiger charge is -2.24. The van der Waals surface area contributed by atoms with Crippen molar-refractivity contribution in [1.29, 1.82) is 0 Å². The molecule has 1 aromatic rings. The largest absolute Gasteiger partial charge is 0.481 e.